The molecule has 3 aromatic rings. The van der Waals surface area contributed by atoms with E-state index < -0.39 is 5.82 Å². The Morgan fingerprint density at radius 3 is 2.68 bits per heavy atom. The number of likely N-dealkylation sites (tertiary alicyclic amines) is 1. The first-order chi connectivity index (χ1) is 15.0. The number of piperidine rings is 1. The van der Waals surface area contributed by atoms with Crippen LogP contribution in [0.2, 0.25) is 5.02 Å². The second kappa shape index (κ2) is 9.34. The lowest BCUT2D eigenvalue weighted by atomic mass is 9.89. The Morgan fingerprint density at radius 1 is 1.19 bits per heavy atom. The molecule has 1 fully saturated rings. The maximum atomic E-state index is 14.9. The molecule has 0 saturated carbocycles. The number of benzene rings is 1. The van der Waals surface area contributed by atoms with E-state index in [9.17, 15) is 9.18 Å². The van der Waals surface area contributed by atoms with Crippen LogP contribution in [0.5, 0.6) is 0 Å². The Hall–Kier alpha value is -3.13. The van der Waals surface area contributed by atoms with Crippen LogP contribution < -0.4 is 5.32 Å². The number of rotatable bonds is 5. The van der Waals surface area contributed by atoms with E-state index >= 15 is 0 Å². The van der Waals surface area contributed by atoms with Gasteiger partial charge in [0.1, 0.15) is 5.82 Å². The zero-order valence-electron chi connectivity index (χ0n) is 17.0. The lowest BCUT2D eigenvalue weighted by molar-refractivity contribution is 0.0536. The normalized spacial score (nSPS) is 18.6. The monoisotopic (exact) mass is 440 g/mol. The number of anilines is 1. The Morgan fingerprint density at radius 2 is 1.94 bits per heavy atom. The minimum Gasteiger partial charge on any atom is -0.352 e. The second-order valence-electron chi connectivity index (χ2n) is 7.53. The molecule has 1 saturated heterocycles. The summed E-state index contributed by atoms with van der Waals surface area (Å²) in [6.45, 7) is 3.08. The molecule has 9 heteroatoms. The van der Waals surface area contributed by atoms with Crippen molar-refractivity contribution in [3.63, 3.8) is 0 Å². The van der Waals surface area contributed by atoms with Crippen molar-refractivity contribution in [1.29, 1.82) is 0 Å². The fraction of sp³-hybridized carbons (Fsp3) is 0.318. The summed E-state index contributed by atoms with van der Waals surface area (Å²) >= 11 is 5.85. The van der Waals surface area contributed by atoms with E-state index in [2.05, 4.69) is 32.2 Å². The van der Waals surface area contributed by atoms with Crippen LogP contribution in [0.4, 0.5) is 10.3 Å². The van der Waals surface area contributed by atoms with Gasteiger partial charge < -0.3 is 10.2 Å². The molecule has 31 heavy (non-hydrogen) atoms. The van der Waals surface area contributed by atoms with Crippen LogP contribution in [-0.2, 0) is 0 Å². The highest BCUT2D eigenvalue weighted by Crippen LogP contribution is 2.29. The summed E-state index contributed by atoms with van der Waals surface area (Å²) in [5, 5.41) is 3.62. The quantitative estimate of drug-likeness (QED) is 0.643. The second-order valence-corrected chi connectivity index (χ2v) is 7.96. The highest BCUT2D eigenvalue weighted by Gasteiger charge is 2.34. The number of amides is 1. The molecule has 0 aliphatic carbocycles. The van der Waals surface area contributed by atoms with E-state index in [1.165, 1.54) is 18.5 Å². The van der Waals surface area contributed by atoms with Crippen molar-refractivity contribution < 1.29 is 9.18 Å². The van der Waals surface area contributed by atoms with E-state index in [1.807, 2.05) is 0 Å². The predicted octanol–water partition coefficient (Wildman–Crippen LogP) is 4.08. The first kappa shape index (κ1) is 21.1. The van der Waals surface area contributed by atoms with Gasteiger partial charge in [-0.1, -0.05) is 30.7 Å². The number of carbonyl (C=O) groups excluding carboxylic acids is 1. The van der Waals surface area contributed by atoms with Crippen molar-refractivity contribution in [2.24, 2.45) is 5.92 Å². The van der Waals surface area contributed by atoms with Crippen LogP contribution in [0.3, 0.4) is 0 Å². The SMILES string of the molecule is CC1CCCN(C(=O)c2c(F)cccc2-c2ncccn2)C1CNc1ncc(Cl)cn1. The molecule has 1 aliphatic heterocycles. The first-order valence-corrected chi connectivity index (χ1v) is 10.5. The van der Waals surface area contributed by atoms with Gasteiger partial charge in [-0.15, -0.1) is 0 Å². The van der Waals surface area contributed by atoms with Gasteiger partial charge in [-0.3, -0.25) is 4.79 Å². The average Bonchev–Trinajstić information content (AvgIpc) is 2.79. The summed E-state index contributed by atoms with van der Waals surface area (Å²) in [6.07, 6.45) is 7.99. The maximum Gasteiger partial charge on any atom is 0.257 e. The number of hydrogen-bond donors (Lipinski definition) is 1. The number of hydrogen-bond acceptors (Lipinski definition) is 6. The van der Waals surface area contributed by atoms with E-state index in [0.29, 0.717) is 35.4 Å². The molecule has 1 amide bonds. The van der Waals surface area contributed by atoms with Crippen LogP contribution in [0, 0.1) is 11.7 Å². The zero-order valence-corrected chi connectivity index (χ0v) is 17.8. The van der Waals surface area contributed by atoms with Crippen molar-refractivity contribution in [2.75, 3.05) is 18.4 Å². The molecule has 0 spiro atoms. The van der Waals surface area contributed by atoms with Crippen molar-refractivity contribution in [1.82, 2.24) is 24.8 Å². The Balaban J connectivity index is 1.62. The van der Waals surface area contributed by atoms with Gasteiger partial charge in [0, 0.05) is 31.0 Å². The molecule has 0 bridgehead atoms. The van der Waals surface area contributed by atoms with Crippen LogP contribution in [0.15, 0.2) is 49.1 Å². The number of carbonyl (C=O) groups is 1. The molecule has 3 heterocycles. The largest absolute Gasteiger partial charge is 0.352 e. The maximum absolute atomic E-state index is 14.9. The van der Waals surface area contributed by atoms with Gasteiger partial charge in [-0.25, -0.2) is 24.3 Å². The molecule has 4 rings (SSSR count). The number of nitrogens with one attached hydrogen (secondary N) is 1. The van der Waals surface area contributed by atoms with Crippen molar-refractivity contribution >= 4 is 23.5 Å². The van der Waals surface area contributed by atoms with Gasteiger partial charge in [0.15, 0.2) is 5.82 Å². The summed E-state index contributed by atoms with van der Waals surface area (Å²) in [7, 11) is 0. The standard InChI is InChI=1S/C22H22ClFN6O/c1-14-5-3-10-30(18(14)13-29-22-27-11-15(23)12-28-22)21(31)19-16(6-2-7-17(19)24)20-25-8-4-9-26-20/h2,4,6-9,11-12,14,18H,3,5,10,13H2,1H3,(H,27,28,29). The molecular formula is C22H22ClFN6O. The fourth-order valence-corrected chi connectivity index (χ4v) is 4.02. The van der Waals surface area contributed by atoms with Crippen molar-refractivity contribution in [3.8, 4) is 11.4 Å². The summed E-state index contributed by atoms with van der Waals surface area (Å²) in [5.74, 6) is 0.0241. The molecule has 1 aromatic carbocycles. The third-order valence-electron chi connectivity index (χ3n) is 5.50. The first-order valence-electron chi connectivity index (χ1n) is 10.1. The molecule has 7 nitrogen and oxygen atoms in total. The van der Waals surface area contributed by atoms with Crippen molar-refractivity contribution in [2.45, 2.75) is 25.8 Å². The number of nitrogens with zero attached hydrogens (tertiary/aromatic N) is 5. The summed E-state index contributed by atoms with van der Waals surface area (Å²) in [4.78, 5) is 32.0. The molecule has 2 unspecified atom stereocenters. The van der Waals surface area contributed by atoms with Crippen molar-refractivity contribution in [3.05, 3.63) is 65.5 Å². The highest BCUT2D eigenvalue weighted by molar-refractivity contribution is 6.30. The molecule has 2 aromatic heterocycles. The summed E-state index contributed by atoms with van der Waals surface area (Å²) in [5.41, 5.74) is 0.382. The van der Waals surface area contributed by atoms with E-state index in [0.717, 1.165) is 12.8 Å². The minimum atomic E-state index is -0.582. The van der Waals surface area contributed by atoms with Crippen LogP contribution in [0.1, 0.15) is 30.1 Å². The van der Waals surface area contributed by atoms with Gasteiger partial charge in [0.05, 0.1) is 29.0 Å². The van der Waals surface area contributed by atoms with Crippen LogP contribution in [-0.4, -0.2) is 49.9 Å². The lowest BCUT2D eigenvalue weighted by Crippen LogP contribution is -2.51. The third-order valence-corrected chi connectivity index (χ3v) is 5.70. The third kappa shape index (κ3) is 4.64. The average molecular weight is 441 g/mol. The van der Waals surface area contributed by atoms with Gasteiger partial charge in [-0.2, -0.15) is 0 Å². The number of halogens is 2. The van der Waals surface area contributed by atoms with E-state index in [4.69, 9.17) is 11.6 Å². The lowest BCUT2D eigenvalue weighted by Gasteiger charge is -2.40. The topological polar surface area (TPSA) is 83.9 Å². The van der Waals surface area contributed by atoms with Gasteiger partial charge >= 0.3 is 0 Å². The molecule has 2 atom stereocenters. The number of aromatic nitrogens is 4. The van der Waals surface area contributed by atoms with Crippen LogP contribution >= 0.6 is 11.6 Å². The summed E-state index contributed by atoms with van der Waals surface area (Å²) in [6, 6.07) is 6.06. The van der Waals surface area contributed by atoms with E-state index in [1.54, 1.807) is 35.5 Å². The molecular weight excluding hydrogens is 419 g/mol. The van der Waals surface area contributed by atoms with Gasteiger partial charge in [0.25, 0.3) is 5.91 Å². The zero-order chi connectivity index (χ0) is 21.8. The van der Waals surface area contributed by atoms with Gasteiger partial charge in [-0.05, 0) is 30.9 Å². The molecule has 1 N–H and O–H groups in total. The predicted molar refractivity (Wildman–Crippen MR) is 116 cm³/mol. The summed E-state index contributed by atoms with van der Waals surface area (Å²) < 4.78 is 14.9. The molecule has 160 valence electrons. The Labute approximate surface area is 184 Å². The van der Waals surface area contributed by atoms with E-state index in [-0.39, 0.29) is 23.4 Å². The van der Waals surface area contributed by atoms with Crippen LogP contribution in [0.25, 0.3) is 11.4 Å². The minimum absolute atomic E-state index is 0.00413. The Bertz CT molecular complexity index is 1050. The molecule has 1 aliphatic rings. The van der Waals surface area contributed by atoms with Gasteiger partial charge in [0.2, 0.25) is 5.95 Å². The fourth-order valence-electron chi connectivity index (χ4n) is 3.92. The molecule has 0 radical (unpaired) electrons. The smallest absolute Gasteiger partial charge is 0.257 e. The highest BCUT2D eigenvalue weighted by atomic mass is 35.5. The Kier molecular flexibility index (Phi) is 6.36.